The third kappa shape index (κ3) is 4.73. The normalized spacial score (nSPS) is 21.5. The zero-order chi connectivity index (χ0) is 20.9. The molecule has 2 atom stereocenters. The van der Waals surface area contributed by atoms with E-state index in [1.54, 1.807) is 0 Å². The summed E-state index contributed by atoms with van der Waals surface area (Å²) in [5, 5.41) is 3.00. The molecule has 30 heavy (non-hydrogen) atoms. The Morgan fingerprint density at radius 1 is 0.900 bits per heavy atom. The fourth-order valence-electron chi connectivity index (χ4n) is 4.42. The van der Waals surface area contributed by atoms with Gasteiger partial charge in [-0.15, -0.1) is 0 Å². The number of rotatable bonds is 6. The van der Waals surface area contributed by atoms with Crippen LogP contribution >= 0.6 is 0 Å². The number of amides is 2. The van der Waals surface area contributed by atoms with Crippen molar-refractivity contribution >= 4 is 17.5 Å². The molecule has 2 amide bonds. The number of nitrogens with zero attached hydrogens (tertiary/aromatic N) is 1. The van der Waals surface area contributed by atoms with Crippen LogP contribution in [0.15, 0.2) is 54.6 Å². The molecule has 0 spiro atoms. The van der Waals surface area contributed by atoms with Crippen LogP contribution in [0.3, 0.4) is 0 Å². The molecule has 0 aromatic heterocycles. The van der Waals surface area contributed by atoms with Gasteiger partial charge in [0, 0.05) is 35.8 Å². The van der Waals surface area contributed by atoms with Crippen LogP contribution in [0, 0.1) is 5.92 Å². The summed E-state index contributed by atoms with van der Waals surface area (Å²) in [6, 6.07) is 17.3. The van der Waals surface area contributed by atoms with Crippen LogP contribution in [-0.2, 0) is 11.3 Å². The van der Waals surface area contributed by atoms with E-state index in [1.807, 2.05) is 59.5 Å². The Balaban J connectivity index is 1.49. The highest BCUT2D eigenvalue weighted by molar-refractivity contribution is 5.94. The van der Waals surface area contributed by atoms with Gasteiger partial charge in [0.15, 0.2) is 0 Å². The van der Waals surface area contributed by atoms with Gasteiger partial charge in [0.2, 0.25) is 5.91 Å². The fourth-order valence-corrected chi connectivity index (χ4v) is 4.42. The monoisotopic (exact) mass is 405 g/mol. The molecular weight excluding hydrogens is 374 g/mol. The Kier molecular flexibility index (Phi) is 6.48. The van der Waals surface area contributed by atoms with E-state index in [4.69, 9.17) is 5.73 Å². The van der Waals surface area contributed by atoms with Gasteiger partial charge in [-0.2, -0.15) is 0 Å². The molecule has 0 radical (unpaired) electrons. The predicted molar refractivity (Wildman–Crippen MR) is 119 cm³/mol. The van der Waals surface area contributed by atoms with Crippen LogP contribution in [-0.4, -0.2) is 28.8 Å². The minimum Gasteiger partial charge on any atom is -0.330 e. The highest BCUT2D eigenvalue weighted by Gasteiger charge is 2.31. The second-order valence-electron chi connectivity index (χ2n) is 8.63. The number of carbonyl (C=O) groups excluding carboxylic acids is 2. The van der Waals surface area contributed by atoms with Crippen molar-refractivity contribution < 1.29 is 9.59 Å². The molecular formula is C25H31N3O2. The maximum Gasteiger partial charge on any atom is 0.254 e. The second kappa shape index (κ2) is 9.43. The second-order valence-corrected chi connectivity index (χ2v) is 8.63. The number of nitrogens with two attached hydrogens (primary N) is 1. The molecule has 2 saturated carbocycles. The highest BCUT2D eigenvalue weighted by atomic mass is 16.2. The Hall–Kier alpha value is -2.66. The van der Waals surface area contributed by atoms with E-state index in [1.165, 1.54) is 0 Å². The lowest BCUT2D eigenvalue weighted by atomic mass is 9.85. The van der Waals surface area contributed by atoms with Crippen molar-refractivity contribution in [2.24, 2.45) is 11.7 Å². The first kappa shape index (κ1) is 20.6. The molecule has 0 heterocycles. The first-order chi connectivity index (χ1) is 14.6. The first-order valence-electron chi connectivity index (χ1n) is 11.1. The van der Waals surface area contributed by atoms with Crippen LogP contribution in [0.2, 0.25) is 0 Å². The molecule has 5 heteroatoms. The maximum atomic E-state index is 13.3. The van der Waals surface area contributed by atoms with E-state index >= 15 is 0 Å². The van der Waals surface area contributed by atoms with Crippen LogP contribution in [0.5, 0.6) is 0 Å². The fraction of sp³-hybridized carbons (Fsp3) is 0.440. The van der Waals surface area contributed by atoms with E-state index in [0.717, 1.165) is 56.2 Å². The van der Waals surface area contributed by atoms with Crippen molar-refractivity contribution in [3.05, 3.63) is 65.7 Å². The summed E-state index contributed by atoms with van der Waals surface area (Å²) in [7, 11) is 0. The van der Waals surface area contributed by atoms with Gasteiger partial charge in [-0.25, -0.2) is 0 Å². The standard InChI is InChI=1S/C25H31N3O2/c26-22-11-4-5-12-23(22)28(25(30)20-7-2-1-3-8-20)17-18-13-15-21(16-14-18)27-24(29)19-9-6-10-19/h1-3,7-8,13-16,19,22-23H,4-6,9-12,17,26H2,(H,27,29). The molecule has 0 aliphatic heterocycles. The zero-order valence-electron chi connectivity index (χ0n) is 17.4. The third-order valence-electron chi connectivity index (χ3n) is 6.51. The van der Waals surface area contributed by atoms with E-state index < -0.39 is 0 Å². The summed E-state index contributed by atoms with van der Waals surface area (Å²) in [6.45, 7) is 0.517. The predicted octanol–water partition coefficient (Wildman–Crippen LogP) is 4.34. The average Bonchev–Trinajstić information content (AvgIpc) is 2.73. The molecule has 4 rings (SSSR count). The largest absolute Gasteiger partial charge is 0.330 e. The third-order valence-corrected chi connectivity index (χ3v) is 6.51. The van der Waals surface area contributed by atoms with E-state index in [-0.39, 0.29) is 29.8 Å². The van der Waals surface area contributed by atoms with Gasteiger partial charge in [-0.05, 0) is 55.5 Å². The Morgan fingerprint density at radius 3 is 2.23 bits per heavy atom. The summed E-state index contributed by atoms with van der Waals surface area (Å²) >= 11 is 0. The molecule has 0 bridgehead atoms. The molecule has 158 valence electrons. The van der Waals surface area contributed by atoms with Gasteiger partial charge < -0.3 is 16.0 Å². The Morgan fingerprint density at radius 2 is 1.60 bits per heavy atom. The average molecular weight is 406 g/mol. The van der Waals surface area contributed by atoms with Gasteiger partial charge in [0.05, 0.1) is 0 Å². The maximum absolute atomic E-state index is 13.3. The lowest BCUT2D eigenvalue weighted by molar-refractivity contribution is -0.122. The van der Waals surface area contributed by atoms with Gasteiger partial charge in [0.1, 0.15) is 0 Å². The quantitative estimate of drug-likeness (QED) is 0.751. The van der Waals surface area contributed by atoms with Crippen molar-refractivity contribution in [2.75, 3.05) is 5.32 Å². The molecule has 5 nitrogen and oxygen atoms in total. The summed E-state index contributed by atoms with van der Waals surface area (Å²) in [4.78, 5) is 27.4. The molecule has 2 aliphatic rings. The number of carbonyl (C=O) groups is 2. The molecule has 0 saturated heterocycles. The zero-order valence-corrected chi connectivity index (χ0v) is 17.4. The van der Waals surface area contributed by atoms with Crippen LogP contribution in [0.1, 0.15) is 60.9 Å². The summed E-state index contributed by atoms with van der Waals surface area (Å²) < 4.78 is 0. The summed E-state index contributed by atoms with van der Waals surface area (Å²) in [6.07, 6.45) is 7.24. The number of benzene rings is 2. The van der Waals surface area contributed by atoms with Gasteiger partial charge in [-0.1, -0.05) is 49.6 Å². The summed E-state index contributed by atoms with van der Waals surface area (Å²) in [5.74, 6) is 0.305. The van der Waals surface area contributed by atoms with Crippen LogP contribution in [0.4, 0.5) is 5.69 Å². The summed E-state index contributed by atoms with van der Waals surface area (Å²) in [5.41, 5.74) is 8.98. The molecule has 2 aromatic rings. The van der Waals surface area contributed by atoms with Crippen LogP contribution in [0.25, 0.3) is 0 Å². The van der Waals surface area contributed by atoms with Gasteiger partial charge in [-0.3, -0.25) is 9.59 Å². The Bertz CT molecular complexity index is 862. The van der Waals surface area contributed by atoms with Crippen LogP contribution < -0.4 is 11.1 Å². The number of anilines is 1. The molecule has 3 N–H and O–H groups in total. The van der Waals surface area contributed by atoms with Crippen molar-refractivity contribution in [3.63, 3.8) is 0 Å². The smallest absolute Gasteiger partial charge is 0.254 e. The van der Waals surface area contributed by atoms with Gasteiger partial charge >= 0.3 is 0 Å². The first-order valence-corrected chi connectivity index (χ1v) is 11.1. The van der Waals surface area contributed by atoms with Crippen molar-refractivity contribution in [1.82, 2.24) is 4.90 Å². The Labute approximate surface area is 178 Å². The molecule has 2 fully saturated rings. The number of nitrogens with one attached hydrogen (secondary N) is 1. The lowest BCUT2D eigenvalue weighted by Crippen LogP contribution is -2.51. The van der Waals surface area contributed by atoms with E-state index in [9.17, 15) is 9.59 Å². The minimum atomic E-state index is 0.00690. The minimum absolute atomic E-state index is 0.00690. The topological polar surface area (TPSA) is 75.4 Å². The van der Waals surface area contributed by atoms with E-state index in [2.05, 4.69) is 5.32 Å². The SMILES string of the molecule is NC1CCCCC1N(Cc1ccc(NC(=O)C2CCC2)cc1)C(=O)c1ccccc1. The van der Waals surface area contributed by atoms with Crippen molar-refractivity contribution in [1.29, 1.82) is 0 Å². The highest BCUT2D eigenvalue weighted by Crippen LogP contribution is 2.28. The van der Waals surface area contributed by atoms with Crippen molar-refractivity contribution in [3.8, 4) is 0 Å². The van der Waals surface area contributed by atoms with Crippen molar-refractivity contribution in [2.45, 2.75) is 63.6 Å². The number of hydrogen-bond acceptors (Lipinski definition) is 3. The number of hydrogen-bond donors (Lipinski definition) is 2. The molecule has 2 aliphatic carbocycles. The molecule has 2 unspecified atom stereocenters. The van der Waals surface area contributed by atoms with Gasteiger partial charge in [0.25, 0.3) is 5.91 Å². The molecule has 2 aromatic carbocycles. The lowest BCUT2D eigenvalue weighted by Gasteiger charge is -2.38. The van der Waals surface area contributed by atoms with E-state index in [0.29, 0.717) is 12.1 Å².